The fraction of sp³-hybridized carbons (Fsp3) is 0.400. The molecule has 1 rings (SSSR count). The molecule has 0 fully saturated rings. The summed E-state index contributed by atoms with van der Waals surface area (Å²) in [5.41, 5.74) is 0.372. The third-order valence-corrected chi connectivity index (χ3v) is 2.28. The molecule has 1 atom stereocenters. The molecule has 0 aromatic heterocycles. The van der Waals surface area contributed by atoms with E-state index in [-0.39, 0.29) is 18.3 Å². The zero-order chi connectivity index (χ0) is 10.7. The van der Waals surface area contributed by atoms with Crippen LogP contribution in [0.5, 0.6) is 5.75 Å². The quantitative estimate of drug-likeness (QED) is 0.845. The van der Waals surface area contributed by atoms with Crippen LogP contribution in [-0.4, -0.2) is 18.8 Å². The number of aliphatic hydroxyl groups excluding tert-OH is 1. The number of ether oxygens (including phenoxy) is 1. The molecule has 0 radical (unpaired) electrons. The summed E-state index contributed by atoms with van der Waals surface area (Å²) in [5.74, 6) is -0.645. The van der Waals surface area contributed by atoms with E-state index in [4.69, 9.17) is 21.4 Å². The molecule has 0 saturated heterocycles. The average Bonchev–Trinajstić information content (AvgIpc) is 2.19. The van der Waals surface area contributed by atoms with Crippen molar-refractivity contribution in [3.05, 3.63) is 28.5 Å². The van der Waals surface area contributed by atoms with E-state index in [1.807, 2.05) is 0 Å². The minimum atomic E-state index is -0.460. The molecular weight excluding hydrogens is 207 g/mol. The number of hydrogen-bond donors (Lipinski definition) is 1. The molecule has 1 N–H and O–H groups in total. The molecule has 0 aliphatic rings. The Kier molecular flexibility index (Phi) is 3.72. The van der Waals surface area contributed by atoms with E-state index in [9.17, 15) is 4.39 Å². The van der Waals surface area contributed by atoms with E-state index in [0.717, 1.165) is 0 Å². The standard InChI is InChI=1S/C10H12ClFO2/c1-6(5-13)8-3-7(11)4-9(14-2)10(8)12/h3-4,6,13H,5H2,1-2H3. The summed E-state index contributed by atoms with van der Waals surface area (Å²) in [5, 5.41) is 9.32. The molecule has 1 aromatic rings. The zero-order valence-corrected chi connectivity index (χ0v) is 8.81. The molecule has 0 aliphatic carbocycles. The summed E-state index contributed by atoms with van der Waals surface area (Å²) in [4.78, 5) is 0. The number of halogens is 2. The summed E-state index contributed by atoms with van der Waals surface area (Å²) in [6, 6.07) is 2.91. The summed E-state index contributed by atoms with van der Waals surface area (Å²) in [6.07, 6.45) is 0. The van der Waals surface area contributed by atoms with E-state index in [1.54, 1.807) is 6.92 Å². The van der Waals surface area contributed by atoms with E-state index in [2.05, 4.69) is 0 Å². The fourth-order valence-electron chi connectivity index (χ4n) is 1.19. The monoisotopic (exact) mass is 218 g/mol. The number of rotatable bonds is 3. The van der Waals surface area contributed by atoms with Crippen molar-refractivity contribution in [1.29, 1.82) is 0 Å². The van der Waals surface area contributed by atoms with Crippen molar-refractivity contribution in [2.24, 2.45) is 0 Å². The molecule has 0 saturated carbocycles. The molecule has 0 heterocycles. The second-order valence-electron chi connectivity index (χ2n) is 3.09. The Morgan fingerprint density at radius 2 is 2.21 bits per heavy atom. The van der Waals surface area contributed by atoms with Crippen LogP contribution in [0.2, 0.25) is 5.02 Å². The van der Waals surface area contributed by atoms with Gasteiger partial charge in [0.05, 0.1) is 7.11 Å². The Hall–Kier alpha value is -0.800. The maximum Gasteiger partial charge on any atom is 0.168 e. The van der Waals surface area contributed by atoms with Gasteiger partial charge in [0, 0.05) is 23.6 Å². The maximum absolute atomic E-state index is 13.6. The largest absolute Gasteiger partial charge is 0.494 e. The topological polar surface area (TPSA) is 29.5 Å². The number of aliphatic hydroxyl groups is 1. The van der Waals surface area contributed by atoms with Crippen LogP contribution in [-0.2, 0) is 0 Å². The van der Waals surface area contributed by atoms with Crippen LogP contribution in [0.1, 0.15) is 18.4 Å². The fourth-order valence-corrected chi connectivity index (χ4v) is 1.41. The molecule has 0 spiro atoms. The van der Waals surface area contributed by atoms with Gasteiger partial charge in [-0.2, -0.15) is 0 Å². The van der Waals surface area contributed by atoms with Gasteiger partial charge < -0.3 is 9.84 Å². The van der Waals surface area contributed by atoms with Crippen molar-refractivity contribution in [2.45, 2.75) is 12.8 Å². The Morgan fingerprint density at radius 3 is 2.71 bits per heavy atom. The average molecular weight is 219 g/mol. The first-order valence-electron chi connectivity index (χ1n) is 4.24. The molecule has 0 bridgehead atoms. The molecule has 4 heteroatoms. The first-order chi connectivity index (χ1) is 6.60. The minimum Gasteiger partial charge on any atom is -0.494 e. The second-order valence-corrected chi connectivity index (χ2v) is 3.53. The molecular formula is C10H12ClFO2. The zero-order valence-electron chi connectivity index (χ0n) is 8.05. The minimum absolute atomic E-state index is 0.104. The Bertz CT molecular complexity index is 328. The highest BCUT2D eigenvalue weighted by atomic mass is 35.5. The Balaban J connectivity index is 3.21. The predicted molar refractivity (Wildman–Crippen MR) is 53.5 cm³/mol. The third-order valence-electron chi connectivity index (χ3n) is 2.06. The van der Waals surface area contributed by atoms with Gasteiger partial charge in [-0.1, -0.05) is 18.5 Å². The Morgan fingerprint density at radius 1 is 1.57 bits per heavy atom. The lowest BCUT2D eigenvalue weighted by Crippen LogP contribution is -2.03. The van der Waals surface area contributed by atoms with Crippen LogP contribution in [0.15, 0.2) is 12.1 Å². The van der Waals surface area contributed by atoms with E-state index in [0.29, 0.717) is 10.6 Å². The highest BCUT2D eigenvalue weighted by Crippen LogP contribution is 2.30. The van der Waals surface area contributed by atoms with Crippen LogP contribution in [0, 0.1) is 5.82 Å². The highest BCUT2D eigenvalue weighted by Gasteiger charge is 2.15. The lowest BCUT2D eigenvalue weighted by atomic mass is 10.0. The van der Waals surface area contributed by atoms with Crippen molar-refractivity contribution in [3.8, 4) is 5.75 Å². The van der Waals surface area contributed by atoms with Crippen molar-refractivity contribution in [1.82, 2.24) is 0 Å². The normalized spacial score (nSPS) is 12.6. The Labute approximate surface area is 87.3 Å². The summed E-state index contributed by atoms with van der Waals surface area (Å²) in [7, 11) is 1.38. The van der Waals surface area contributed by atoms with Crippen LogP contribution in [0.4, 0.5) is 4.39 Å². The third kappa shape index (κ3) is 2.16. The molecule has 14 heavy (non-hydrogen) atoms. The molecule has 1 unspecified atom stereocenters. The number of benzene rings is 1. The van der Waals surface area contributed by atoms with Gasteiger partial charge >= 0.3 is 0 Å². The maximum atomic E-state index is 13.6. The van der Waals surface area contributed by atoms with E-state index in [1.165, 1.54) is 19.2 Å². The predicted octanol–water partition coefficient (Wildman–Crippen LogP) is 2.58. The van der Waals surface area contributed by atoms with Gasteiger partial charge in [-0.05, 0) is 11.6 Å². The van der Waals surface area contributed by atoms with Gasteiger partial charge in [0.15, 0.2) is 11.6 Å². The first-order valence-corrected chi connectivity index (χ1v) is 4.61. The van der Waals surface area contributed by atoms with Gasteiger partial charge in [0.1, 0.15) is 0 Å². The van der Waals surface area contributed by atoms with Crippen molar-refractivity contribution in [2.75, 3.05) is 13.7 Å². The lowest BCUT2D eigenvalue weighted by Gasteiger charge is -2.12. The second kappa shape index (κ2) is 4.62. The molecule has 0 aliphatic heterocycles. The molecule has 1 aromatic carbocycles. The van der Waals surface area contributed by atoms with E-state index >= 15 is 0 Å². The van der Waals surface area contributed by atoms with Crippen LogP contribution >= 0.6 is 11.6 Å². The van der Waals surface area contributed by atoms with Crippen molar-refractivity contribution in [3.63, 3.8) is 0 Å². The van der Waals surface area contributed by atoms with E-state index < -0.39 is 5.82 Å². The SMILES string of the molecule is COc1cc(Cl)cc(C(C)CO)c1F. The van der Waals surface area contributed by atoms with Gasteiger partial charge in [0.25, 0.3) is 0 Å². The van der Waals surface area contributed by atoms with Gasteiger partial charge in [-0.3, -0.25) is 0 Å². The van der Waals surface area contributed by atoms with Crippen LogP contribution in [0.25, 0.3) is 0 Å². The smallest absolute Gasteiger partial charge is 0.168 e. The number of methoxy groups -OCH3 is 1. The lowest BCUT2D eigenvalue weighted by molar-refractivity contribution is 0.269. The van der Waals surface area contributed by atoms with Gasteiger partial charge in [0.2, 0.25) is 0 Å². The molecule has 0 amide bonds. The van der Waals surface area contributed by atoms with Crippen LogP contribution < -0.4 is 4.74 Å². The highest BCUT2D eigenvalue weighted by molar-refractivity contribution is 6.30. The summed E-state index contributed by atoms with van der Waals surface area (Å²) < 4.78 is 18.4. The van der Waals surface area contributed by atoms with Crippen molar-refractivity contribution < 1.29 is 14.2 Å². The molecule has 2 nitrogen and oxygen atoms in total. The van der Waals surface area contributed by atoms with Crippen LogP contribution in [0.3, 0.4) is 0 Å². The van der Waals surface area contributed by atoms with Gasteiger partial charge in [-0.15, -0.1) is 0 Å². The van der Waals surface area contributed by atoms with Crippen molar-refractivity contribution >= 4 is 11.6 Å². The molecule has 78 valence electrons. The summed E-state index contributed by atoms with van der Waals surface area (Å²) in [6.45, 7) is 1.59. The summed E-state index contributed by atoms with van der Waals surface area (Å²) >= 11 is 5.77. The first kappa shape index (κ1) is 11.3. The van der Waals surface area contributed by atoms with Gasteiger partial charge in [-0.25, -0.2) is 4.39 Å². The number of hydrogen-bond acceptors (Lipinski definition) is 2.